The number of benzene rings is 3. The van der Waals surface area contributed by atoms with Crippen LogP contribution in [0.1, 0.15) is 27.0 Å². The number of hydrogen-bond acceptors (Lipinski definition) is 9. The second-order valence-corrected chi connectivity index (χ2v) is 9.55. The van der Waals surface area contributed by atoms with Crippen LogP contribution in [-0.2, 0) is 4.79 Å². The number of amides is 2. The summed E-state index contributed by atoms with van der Waals surface area (Å²) in [5.74, 6) is -0.244. The number of nitro groups is 1. The summed E-state index contributed by atoms with van der Waals surface area (Å²) < 4.78 is 16.5. The van der Waals surface area contributed by atoms with E-state index in [1.54, 1.807) is 18.2 Å². The van der Waals surface area contributed by atoms with Gasteiger partial charge in [-0.1, -0.05) is 24.3 Å². The van der Waals surface area contributed by atoms with Crippen LogP contribution in [0, 0.1) is 24.0 Å². The fourth-order valence-electron chi connectivity index (χ4n) is 3.72. The second-order valence-electron chi connectivity index (χ2n) is 8.56. The minimum Gasteiger partial charge on any atom is -0.493 e. The number of nitro benzene ring substituents is 1. The maximum Gasteiger partial charge on any atom is 0.343 e. The van der Waals surface area contributed by atoms with E-state index in [2.05, 4.69) is 0 Å². The Morgan fingerprint density at radius 2 is 1.82 bits per heavy atom. The molecule has 39 heavy (non-hydrogen) atoms. The van der Waals surface area contributed by atoms with Gasteiger partial charge in [-0.05, 0) is 72.6 Å². The van der Waals surface area contributed by atoms with Crippen LogP contribution in [0.3, 0.4) is 0 Å². The van der Waals surface area contributed by atoms with Gasteiger partial charge in [0.2, 0.25) is 0 Å². The number of carbonyl (C=O) groups excluding carboxylic acids is 3. The lowest BCUT2D eigenvalue weighted by Gasteiger charge is -2.14. The summed E-state index contributed by atoms with van der Waals surface area (Å²) in [4.78, 5) is 49.7. The molecule has 3 aromatic rings. The Morgan fingerprint density at radius 1 is 1.03 bits per heavy atom. The predicted octanol–water partition coefficient (Wildman–Crippen LogP) is 5.55. The first kappa shape index (κ1) is 27.4. The number of carbonyl (C=O) groups is 3. The van der Waals surface area contributed by atoms with Gasteiger partial charge in [0.05, 0.1) is 29.0 Å². The van der Waals surface area contributed by atoms with Gasteiger partial charge < -0.3 is 14.2 Å². The average molecular weight is 549 g/mol. The van der Waals surface area contributed by atoms with E-state index in [0.29, 0.717) is 11.3 Å². The maximum absolute atomic E-state index is 12.9. The van der Waals surface area contributed by atoms with Crippen molar-refractivity contribution >= 4 is 40.6 Å². The molecule has 200 valence electrons. The Labute approximate surface area is 228 Å². The van der Waals surface area contributed by atoms with Gasteiger partial charge in [-0.25, -0.2) is 4.79 Å². The molecule has 11 heteroatoms. The second kappa shape index (κ2) is 11.8. The number of hydrogen-bond donors (Lipinski definition) is 0. The van der Waals surface area contributed by atoms with Gasteiger partial charge in [-0.3, -0.25) is 24.6 Å². The molecule has 0 aliphatic carbocycles. The Morgan fingerprint density at radius 3 is 2.56 bits per heavy atom. The number of methoxy groups -OCH3 is 1. The number of imide groups is 1. The highest BCUT2D eigenvalue weighted by Gasteiger charge is 2.35. The van der Waals surface area contributed by atoms with Crippen molar-refractivity contribution in [2.45, 2.75) is 13.8 Å². The van der Waals surface area contributed by atoms with E-state index in [4.69, 9.17) is 14.2 Å². The largest absolute Gasteiger partial charge is 0.493 e. The summed E-state index contributed by atoms with van der Waals surface area (Å²) in [6.07, 6.45) is 1.55. The molecule has 0 spiro atoms. The molecule has 0 aromatic heterocycles. The number of aryl methyl sites for hydroxylation is 2. The Balaban J connectivity index is 1.43. The Kier molecular flexibility index (Phi) is 8.30. The van der Waals surface area contributed by atoms with Crippen LogP contribution >= 0.6 is 11.8 Å². The molecule has 0 saturated carbocycles. The summed E-state index contributed by atoms with van der Waals surface area (Å²) in [5.41, 5.74) is 2.31. The number of thioether (sulfide) groups is 1. The molecular weight excluding hydrogens is 524 g/mol. The monoisotopic (exact) mass is 548 g/mol. The molecule has 0 atom stereocenters. The van der Waals surface area contributed by atoms with Gasteiger partial charge in [0.1, 0.15) is 12.4 Å². The molecule has 2 amide bonds. The summed E-state index contributed by atoms with van der Waals surface area (Å²) in [7, 11) is 1.38. The third-order valence-electron chi connectivity index (χ3n) is 5.77. The van der Waals surface area contributed by atoms with Gasteiger partial charge in [0.15, 0.2) is 11.5 Å². The highest BCUT2D eigenvalue weighted by atomic mass is 32.2. The van der Waals surface area contributed by atoms with E-state index < -0.39 is 22.0 Å². The predicted molar refractivity (Wildman–Crippen MR) is 145 cm³/mol. The van der Waals surface area contributed by atoms with Gasteiger partial charge >= 0.3 is 5.97 Å². The number of rotatable bonds is 9. The number of esters is 1. The first-order valence-corrected chi connectivity index (χ1v) is 12.6. The molecule has 0 bridgehead atoms. The summed E-state index contributed by atoms with van der Waals surface area (Å²) in [6.45, 7) is 4.14. The van der Waals surface area contributed by atoms with Crippen molar-refractivity contribution in [2.24, 2.45) is 0 Å². The molecule has 1 aliphatic heterocycles. The summed E-state index contributed by atoms with van der Waals surface area (Å²) >= 11 is 0.819. The molecular formula is C28H24N2O8S. The van der Waals surface area contributed by atoms with Crippen molar-refractivity contribution in [1.29, 1.82) is 0 Å². The molecule has 1 saturated heterocycles. The van der Waals surface area contributed by atoms with Crippen LogP contribution in [0.25, 0.3) is 6.08 Å². The molecule has 1 heterocycles. The molecule has 10 nitrogen and oxygen atoms in total. The molecule has 3 aromatic carbocycles. The fraction of sp³-hybridized carbons (Fsp3) is 0.179. The normalized spacial score (nSPS) is 14.0. The van der Waals surface area contributed by atoms with Crippen LogP contribution in [0.5, 0.6) is 17.2 Å². The zero-order chi connectivity index (χ0) is 28.1. The molecule has 0 unspecified atom stereocenters. The number of nitrogens with zero attached hydrogens (tertiary/aromatic N) is 2. The van der Waals surface area contributed by atoms with Gasteiger partial charge in [0, 0.05) is 12.1 Å². The van der Waals surface area contributed by atoms with Crippen LogP contribution in [0.4, 0.5) is 10.5 Å². The minimum atomic E-state index is -0.797. The quantitative estimate of drug-likeness (QED) is 0.111. The number of ether oxygens (including phenoxy) is 3. The van der Waals surface area contributed by atoms with E-state index >= 15 is 0 Å². The fourth-order valence-corrected chi connectivity index (χ4v) is 4.58. The molecule has 0 radical (unpaired) electrons. The first-order valence-electron chi connectivity index (χ1n) is 11.8. The smallest absolute Gasteiger partial charge is 0.343 e. The highest BCUT2D eigenvalue weighted by molar-refractivity contribution is 8.18. The Bertz CT molecular complexity index is 1500. The van der Waals surface area contributed by atoms with E-state index in [9.17, 15) is 24.5 Å². The van der Waals surface area contributed by atoms with Crippen LogP contribution in [0.2, 0.25) is 0 Å². The standard InChI is InChI=1S/C28H24N2O8S/c1-17-7-8-18(2)23(13-17)37-12-11-29-26(31)25(39-28(29)33)15-19-9-10-22(24(14-19)36-3)38-27(32)20-5-4-6-21(16-20)30(34)35/h4-10,13-16H,11-12H2,1-3H3/b25-15-. The van der Waals surface area contributed by atoms with E-state index in [1.165, 1.54) is 31.4 Å². The molecule has 4 rings (SSSR count). The Hall–Kier alpha value is -4.64. The van der Waals surface area contributed by atoms with E-state index in [1.807, 2.05) is 32.0 Å². The third-order valence-corrected chi connectivity index (χ3v) is 6.68. The van der Waals surface area contributed by atoms with Gasteiger partial charge in [-0.15, -0.1) is 0 Å². The highest BCUT2D eigenvalue weighted by Crippen LogP contribution is 2.35. The maximum atomic E-state index is 12.9. The van der Waals surface area contributed by atoms with Crippen molar-refractivity contribution in [3.63, 3.8) is 0 Å². The van der Waals surface area contributed by atoms with Crippen LogP contribution in [-0.4, -0.2) is 47.2 Å². The topological polar surface area (TPSA) is 125 Å². The van der Waals surface area contributed by atoms with Crippen molar-refractivity contribution in [2.75, 3.05) is 20.3 Å². The molecule has 1 aliphatic rings. The first-order chi connectivity index (χ1) is 18.7. The zero-order valence-electron chi connectivity index (χ0n) is 21.3. The molecule has 1 fully saturated rings. The lowest BCUT2D eigenvalue weighted by Crippen LogP contribution is -2.32. The lowest BCUT2D eigenvalue weighted by molar-refractivity contribution is -0.384. The van der Waals surface area contributed by atoms with Gasteiger partial charge in [-0.2, -0.15) is 0 Å². The number of non-ortho nitro benzene ring substituents is 1. The van der Waals surface area contributed by atoms with Crippen LogP contribution in [0.15, 0.2) is 65.6 Å². The van der Waals surface area contributed by atoms with Crippen molar-refractivity contribution in [3.05, 3.63) is 97.9 Å². The van der Waals surface area contributed by atoms with Crippen molar-refractivity contribution in [3.8, 4) is 17.2 Å². The van der Waals surface area contributed by atoms with Crippen molar-refractivity contribution in [1.82, 2.24) is 4.90 Å². The lowest BCUT2D eigenvalue weighted by atomic mass is 10.1. The SMILES string of the molecule is COc1cc(/C=C2\SC(=O)N(CCOc3cc(C)ccc3C)C2=O)ccc1OC(=O)c1cccc([N+](=O)[O-])c1. The third kappa shape index (κ3) is 6.44. The van der Waals surface area contributed by atoms with Crippen LogP contribution < -0.4 is 14.2 Å². The summed E-state index contributed by atoms with van der Waals surface area (Å²) in [5, 5.41) is 10.6. The van der Waals surface area contributed by atoms with Gasteiger partial charge in [0.25, 0.3) is 16.8 Å². The average Bonchev–Trinajstić information content (AvgIpc) is 3.18. The van der Waals surface area contributed by atoms with Crippen molar-refractivity contribution < 1.29 is 33.5 Å². The molecule has 0 N–H and O–H groups in total. The van der Waals surface area contributed by atoms with E-state index in [0.717, 1.165) is 33.9 Å². The zero-order valence-corrected chi connectivity index (χ0v) is 22.2. The summed E-state index contributed by atoms with van der Waals surface area (Å²) in [6, 6.07) is 15.6. The minimum absolute atomic E-state index is 0.00513. The van der Waals surface area contributed by atoms with E-state index in [-0.39, 0.29) is 40.8 Å².